The van der Waals surface area contributed by atoms with Gasteiger partial charge in [0.15, 0.2) is 0 Å². The summed E-state index contributed by atoms with van der Waals surface area (Å²) in [5, 5.41) is 2.95. The van der Waals surface area contributed by atoms with Gasteiger partial charge in [-0.15, -0.1) is 0 Å². The number of hydrogen-bond acceptors (Lipinski definition) is 5. The molecule has 2 aromatic carbocycles. The number of nitrogens with one attached hydrogen (secondary N) is 1. The lowest BCUT2D eigenvalue weighted by molar-refractivity contribution is 0.0968. The third-order valence-electron chi connectivity index (χ3n) is 5.52. The maximum absolute atomic E-state index is 13.8. The first-order valence-corrected chi connectivity index (χ1v) is 10.5. The Morgan fingerprint density at radius 3 is 2.34 bits per heavy atom. The predicted molar refractivity (Wildman–Crippen MR) is 118 cm³/mol. The highest BCUT2D eigenvalue weighted by atomic mass is 19.1. The SMILES string of the molecule is Nc1cc(CN2CCC(Oc3ccc(NCc4c(F)cc(F)cc4F)cc3)CC2)ccn1. The standard InChI is InChI=1S/C24H25F3N4O/c25-17-12-22(26)21(23(27)13-17)14-30-18-1-3-19(4-2-18)32-20-6-9-31(10-7-20)15-16-5-8-29-24(28)11-16/h1-5,8,11-13,20,30H,6-7,9-10,14-15H2,(H2,28,29). The van der Waals surface area contributed by atoms with Crippen LogP contribution in [0, 0.1) is 17.5 Å². The summed E-state index contributed by atoms with van der Waals surface area (Å²) in [5.74, 6) is -1.47. The molecule has 0 radical (unpaired) electrons. The number of halogens is 3. The van der Waals surface area contributed by atoms with Gasteiger partial charge in [-0.05, 0) is 54.8 Å². The summed E-state index contributed by atoms with van der Waals surface area (Å²) in [6.45, 7) is 2.62. The number of pyridine rings is 1. The van der Waals surface area contributed by atoms with E-state index in [0.29, 0.717) is 23.6 Å². The van der Waals surface area contributed by atoms with Crippen molar-refractivity contribution in [2.75, 3.05) is 24.1 Å². The van der Waals surface area contributed by atoms with Crippen molar-refractivity contribution in [3.8, 4) is 5.75 Å². The Balaban J connectivity index is 1.25. The molecule has 3 N–H and O–H groups in total. The highest BCUT2D eigenvalue weighted by Gasteiger charge is 2.20. The molecule has 5 nitrogen and oxygen atoms in total. The van der Waals surface area contributed by atoms with Crippen LogP contribution in [0.25, 0.3) is 0 Å². The number of benzene rings is 2. The number of ether oxygens (including phenoxy) is 1. The number of nitrogens with zero attached hydrogens (tertiary/aromatic N) is 2. The van der Waals surface area contributed by atoms with Gasteiger partial charge in [-0.2, -0.15) is 0 Å². The highest BCUT2D eigenvalue weighted by molar-refractivity contribution is 5.47. The first kappa shape index (κ1) is 22.0. The van der Waals surface area contributed by atoms with Crippen LogP contribution in [0.3, 0.4) is 0 Å². The van der Waals surface area contributed by atoms with Gasteiger partial charge < -0.3 is 15.8 Å². The normalized spacial score (nSPS) is 15.0. The molecular formula is C24H25F3N4O. The zero-order valence-corrected chi connectivity index (χ0v) is 17.5. The van der Waals surface area contributed by atoms with Gasteiger partial charge in [-0.1, -0.05) is 0 Å². The maximum atomic E-state index is 13.8. The van der Waals surface area contributed by atoms with E-state index in [1.165, 1.54) is 0 Å². The molecule has 0 bridgehead atoms. The summed E-state index contributed by atoms with van der Waals surface area (Å²) in [6, 6.07) is 12.5. The molecule has 1 aromatic heterocycles. The quantitative estimate of drug-likeness (QED) is 0.554. The second kappa shape index (κ2) is 9.91. The van der Waals surface area contributed by atoms with E-state index in [0.717, 1.165) is 43.8 Å². The molecule has 0 amide bonds. The van der Waals surface area contributed by atoms with E-state index in [1.807, 2.05) is 24.3 Å². The Morgan fingerprint density at radius 2 is 1.69 bits per heavy atom. The van der Waals surface area contributed by atoms with Crippen molar-refractivity contribution in [3.05, 3.63) is 83.3 Å². The molecule has 32 heavy (non-hydrogen) atoms. The van der Waals surface area contributed by atoms with Crippen molar-refractivity contribution in [1.82, 2.24) is 9.88 Å². The Kier molecular flexibility index (Phi) is 6.80. The molecule has 0 spiro atoms. The van der Waals surface area contributed by atoms with Gasteiger partial charge >= 0.3 is 0 Å². The van der Waals surface area contributed by atoms with Gasteiger partial charge in [0.2, 0.25) is 0 Å². The van der Waals surface area contributed by atoms with Gasteiger partial charge in [0, 0.05) is 55.8 Å². The van der Waals surface area contributed by atoms with Crippen LogP contribution in [0.5, 0.6) is 5.75 Å². The van der Waals surface area contributed by atoms with Gasteiger partial charge in [-0.3, -0.25) is 4.90 Å². The molecule has 2 heterocycles. The summed E-state index contributed by atoms with van der Waals surface area (Å²) in [7, 11) is 0. The minimum Gasteiger partial charge on any atom is -0.490 e. The fourth-order valence-electron chi connectivity index (χ4n) is 3.81. The van der Waals surface area contributed by atoms with Crippen LogP contribution in [0.1, 0.15) is 24.0 Å². The molecule has 3 aromatic rings. The summed E-state index contributed by atoms with van der Waals surface area (Å²) in [4.78, 5) is 6.39. The average Bonchev–Trinajstić information content (AvgIpc) is 2.75. The van der Waals surface area contributed by atoms with E-state index in [2.05, 4.69) is 15.2 Å². The van der Waals surface area contributed by atoms with Crippen LogP contribution in [-0.4, -0.2) is 29.1 Å². The number of nitrogen functional groups attached to an aromatic ring is 1. The lowest BCUT2D eigenvalue weighted by Gasteiger charge is -2.32. The van der Waals surface area contributed by atoms with E-state index in [9.17, 15) is 13.2 Å². The van der Waals surface area contributed by atoms with Crippen molar-refractivity contribution in [2.24, 2.45) is 0 Å². The molecule has 0 unspecified atom stereocenters. The van der Waals surface area contributed by atoms with E-state index in [4.69, 9.17) is 10.5 Å². The fraction of sp³-hybridized carbons (Fsp3) is 0.292. The smallest absolute Gasteiger partial charge is 0.134 e. The molecule has 0 atom stereocenters. The Labute approximate surface area is 185 Å². The topological polar surface area (TPSA) is 63.4 Å². The van der Waals surface area contributed by atoms with Crippen molar-refractivity contribution in [2.45, 2.75) is 32.0 Å². The number of hydrogen-bond donors (Lipinski definition) is 2. The maximum Gasteiger partial charge on any atom is 0.134 e. The minimum absolute atomic E-state index is 0.0836. The monoisotopic (exact) mass is 442 g/mol. The van der Waals surface area contributed by atoms with E-state index >= 15 is 0 Å². The predicted octanol–water partition coefficient (Wildman–Crippen LogP) is 4.74. The number of aromatic nitrogens is 1. The van der Waals surface area contributed by atoms with E-state index < -0.39 is 17.5 Å². The Hall–Kier alpha value is -3.26. The van der Waals surface area contributed by atoms with Crippen LogP contribution >= 0.6 is 0 Å². The minimum atomic E-state index is -0.932. The van der Waals surface area contributed by atoms with Gasteiger partial charge in [0.05, 0.1) is 0 Å². The van der Waals surface area contributed by atoms with Crippen LogP contribution in [0.2, 0.25) is 0 Å². The zero-order valence-electron chi connectivity index (χ0n) is 17.5. The second-order valence-corrected chi connectivity index (χ2v) is 7.91. The van der Waals surface area contributed by atoms with Crippen LogP contribution in [0.4, 0.5) is 24.7 Å². The van der Waals surface area contributed by atoms with Crippen molar-refractivity contribution in [1.29, 1.82) is 0 Å². The van der Waals surface area contributed by atoms with Crippen molar-refractivity contribution < 1.29 is 17.9 Å². The lowest BCUT2D eigenvalue weighted by Crippen LogP contribution is -2.37. The number of likely N-dealkylation sites (tertiary alicyclic amines) is 1. The number of rotatable bonds is 7. The third kappa shape index (κ3) is 5.70. The first-order valence-electron chi connectivity index (χ1n) is 10.5. The zero-order chi connectivity index (χ0) is 22.5. The van der Waals surface area contributed by atoms with Crippen LogP contribution in [-0.2, 0) is 13.1 Å². The number of piperidine rings is 1. The third-order valence-corrected chi connectivity index (χ3v) is 5.52. The summed E-state index contributed by atoms with van der Waals surface area (Å²) in [6.07, 6.45) is 3.70. The molecule has 8 heteroatoms. The van der Waals surface area contributed by atoms with E-state index in [-0.39, 0.29) is 18.2 Å². The van der Waals surface area contributed by atoms with Crippen molar-refractivity contribution in [3.63, 3.8) is 0 Å². The van der Waals surface area contributed by atoms with Crippen molar-refractivity contribution >= 4 is 11.5 Å². The summed E-state index contributed by atoms with van der Waals surface area (Å²) < 4.78 is 46.6. The number of anilines is 2. The highest BCUT2D eigenvalue weighted by Crippen LogP contribution is 2.23. The second-order valence-electron chi connectivity index (χ2n) is 7.91. The van der Waals surface area contributed by atoms with Gasteiger partial charge in [-0.25, -0.2) is 18.2 Å². The first-order chi connectivity index (χ1) is 15.5. The molecular weight excluding hydrogens is 417 g/mol. The molecule has 168 valence electrons. The van der Waals surface area contributed by atoms with Crippen LogP contribution in [0.15, 0.2) is 54.7 Å². The molecule has 1 aliphatic heterocycles. The van der Waals surface area contributed by atoms with Crippen LogP contribution < -0.4 is 15.8 Å². The molecule has 1 fully saturated rings. The molecule has 0 aliphatic carbocycles. The van der Waals surface area contributed by atoms with Gasteiger partial charge in [0.1, 0.15) is 35.1 Å². The number of nitrogens with two attached hydrogens (primary N) is 1. The van der Waals surface area contributed by atoms with Gasteiger partial charge in [0.25, 0.3) is 0 Å². The fourth-order valence-corrected chi connectivity index (χ4v) is 3.81. The molecule has 1 aliphatic rings. The largest absolute Gasteiger partial charge is 0.490 e. The summed E-state index contributed by atoms with van der Waals surface area (Å²) in [5.41, 5.74) is 7.39. The average molecular weight is 442 g/mol. The Morgan fingerprint density at radius 1 is 1.00 bits per heavy atom. The Bertz CT molecular complexity index is 1030. The lowest BCUT2D eigenvalue weighted by atomic mass is 10.1. The molecule has 1 saturated heterocycles. The molecule has 4 rings (SSSR count). The van der Waals surface area contributed by atoms with E-state index in [1.54, 1.807) is 18.3 Å². The molecule has 0 saturated carbocycles. The summed E-state index contributed by atoms with van der Waals surface area (Å²) >= 11 is 0.